The highest BCUT2D eigenvalue weighted by Crippen LogP contribution is 2.22. The van der Waals surface area contributed by atoms with E-state index in [-0.39, 0.29) is 12.3 Å². The Bertz CT molecular complexity index is 671. The molecule has 2 aromatic rings. The van der Waals surface area contributed by atoms with Crippen LogP contribution < -0.4 is 15.4 Å². The van der Waals surface area contributed by atoms with Gasteiger partial charge in [0.25, 0.3) is 0 Å². The van der Waals surface area contributed by atoms with Gasteiger partial charge in [-0.25, -0.2) is 4.79 Å². The molecule has 2 amide bonds. The zero-order valence-electron chi connectivity index (χ0n) is 12.7. The summed E-state index contributed by atoms with van der Waals surface area (Å²) in [5, 5.41) is 8.88. The molecule has 10 heteroatoms. The zero-order chi connectivity index (χ0) is 17.6. The Balaban J connectivity index is 1.69. The molecule has 0 aliphatic rings. The van der Waals surface area contributed by atoms with Crippen LogP contribution in [0.2, 0.25) is 0 Å². The number of nitrogens with one attached hydrogen (secondary N) is 2. The van der Waals surface area contributed by atoms with E-state index < -0.39 is 12.4 Å². The molecule has 1 aromatic heterocycles. The Morgan fingerprint density at radius 3 is 2.54 bits per heavy atom. The average Bonchev–Trinajstić information content (AvgIpc) is 2.90. The Hall–Kier alpha value is -2.78. The molecule has 1 aromatic carbocycles. The van der Waals surface area contributed by atoms with E-state index in [1.807, 2.05) is 0 Å². The van der Waals surface area contributed by atoms with Crippen molar-refractivity contribution in [2.45, 2.75) is 26.3 Å². The van der Waals surface area contributed by atoms with Gasteiger partial charge in [0.1, 0.15) is 5.75 Å². The van der Waals surface area contributed by atoms with Gasteiger partial charge in [-0.3, -0.25) is 0 Å². The number of carbonyl (C=O) groups excluding carboxylic acids is 1. The van der Waals surface area contributed by atoms with Crippen LogP contribution in [0, 0.1) is 6.92 Å². The predicted octanol–water partition coefficient (Wildman–Crippen LogP) is 2.32. The molecule has 0 saturated heterocycles. The van der Waals surface area contributed by atoms with Gasteiger partial charge in [0.15, 0.2) is 5.82 Å². The second-order valence-electron chi connectivity index (χ2n) is 4.78. The van der Waals surface area contributed by atoms with Crippen molar-refractivity contribution in [1.82, 2.24) is 20.8 Å². The summed E-state index contributed by atoms with van der Waals surface area (Å²) in [5.41, 5.74) is 0.633. The molecule has 0 unspecified atom stereocenters. The van der Waals surface area contributed by atoms with E-state index in [4.69, 9.17) is 4.52 Å². The van der Waals surface area contributed by atoms with Crippen LogP contribution >= 0.6 is 0 Å². The molecule has 0 saturated carbocycles. The predicted molar refractivity (Wildman–Crippen MR) is 76.1 cm³/mol. The fraction of sp³-hybridized carbons (Fsp3) is 0.357. The first-order valence-electron chi connectivity index (χ1n) is 6.97. The number of urea groups is 1. The first-order chi connectivity index (χ1) is 11.3. The molecular formula is C14H15F3N4O3. The van der Waals surface area contributed by atoms with Gasteiger partial charge < -0.3 is 19.9 Å². The van der Waals surface area contributed by atoms with Gasteiger partial charge in [-0.2, -0.15) is 4.98 Å². The largest absolute Gasteiger partial charge is 0.573 e. The van der Waals surface area contributed by atoms with Gasteiger partial charge in [-0.05, 0) is 17.7 Å². The summed E-state index contributed by atoms with van der Waals surface area (Å²) in [6.45, 7) is 2.16. The lowest BCUT2D eigenvalue weighted by molar-refractivity contribution is -0.274. The summed E-state index contributed by atoms with van der Waals surface area (Å²) in [5.74, 6) is 0.631. The van der Waals surface area contributed by atoms with Crippen molar-refractivity contribution in [2.24, 2.45) is 0 Å². The van der Waals surface area contributed by atoms with Crippen molar-refractivity contribution >= 4 is 6.03 Å². The topological polar surface area (TPSA) is 89.3 Å². The Morgan fingerprint density at radius 2 is 1.96 bits per heavy atom. The molecule has 0 spiro atoms. The number of halogens is 3. The van der Waals surface area contributed by atoms with Crippen LogP contribution in [0.3, 0.4) is 0 Å². The van der Waals surface area contributed by atoms with Crippen LogP contribution in [-0.2, 0) is 13.0 Å². The number of carbonyl (C=O) groups is 1. The lowest BCUT2D eigenvalue weighted by atomic mass is 10.2. The maximum absolute atomic E-state index is 12.0. The van der Waals surface area contributed by atoms with E-state index >= 15 is 0 Å². The van der Waals surface area contributed by atoms with Gasteiger partial charge in [0.2, 0.25) is 5.89 Å². The van der Waals surface area contributed by atoms with E-state index in [1.54, 1.807) is 6.92 Å². The van der Waals surface area contributed by atoms with Crippen molar-refractivity contribution < 1.29 is 27.2 Å². The zero-order valence-corrected chi connectivity index (χ0v) is 12.7. The van der Waals surface area contributed by atoms with Crippen LogP contribution in [0.15, 0.2) is 28.8 Å². The Kier molecular flexibility index (Phi) is 5.61. The van der Waals surface area contributed by atoms with Crippen LogP contribution in [0.1, 0.15) is 17.3 Å². The summed E-state index contributed by atoms with van der Waals surface area (Å²) < 4.78 is 44.7. The third kappa shape index (κ3) is 6.15. The second kappa shape index (κ2) is 7.66. The van der Waals surface area contributed by atoms with Gasteiger partial charge in [0.05, 0.1) is 0 Å². The van der Waals surface area contributed by atoms with Gasteiger partial charge in [0, 0.05) is 26.4 Å². The minimum atomic E-state index is -4.73. The van der Waals surface area contributed by atoms with Gasteiger partial charge in [-0.15, -0.1) is 13.2 Å². The number of hydrogen-bond donors (Lipinski definition) is 2. The first-order valence-corrected chi connectivity index (χ1v) is 6.97. The van der Waals surface area contributed by atoms with Gasteiger partial charge >= 0.3 is 12.4 Å². The third-order valence-corrected chi connectivity index (χ3v) is 2.81. The fourth-order valence-corrected chi connectivity index (χ4v) is 1.78. The lowest BCUT2D eigenvalue weighted by Gasteiger charge is -2.10. The number of ether oxygens (including phenoxy) is 1. The highest BCUT2D eigenvalue weighted by Gasteiger charge is 2.30. The molecule has 2 N–H and O–H groups in total. The smallest absolute Gasteiger partial charge is 0.406 e. The molecule has 7 nitrogen and oxygen atoms in total. The third-order valence-electron chi connectivity index (χ3n) is 2.81. The normalized spacial score (nSPS) is 11.2. The number of amides is 2. The molecule has 0 radical (unpaired) electrons. The van der Waals surface area contributed by atoms with Crippen LogP contribution in [0.5, 0.6) is 5.75 Å². The van der Waals surface area contributed by atoms with Crippen LogP contribution in [-0.4, -0.2) is 29.1 Å². The number of rotatable bonds is 6. The minimum absolute atomic E-state index is 0.166. The Morgan fingerprint density at radius 1 is 1.25 bits per heavy atom. The second-order valence-corrected chi connectivity index (χ2v) is 4.78. The highest BCUT2D eigenvalue weighted by molar-refractivity contribution is 5.73. The van der Waals surface area contributed by atoms with Crippen molar-refractivity contribution in [3.05, 3.63) is 41.5 Å². The number of aryl methyl sites for hydroxylation is 1. The van der Waals surface area contributed by atoms with Crippen LogP contribution in [0.4, 0.5) is 18.0 Å². The van der Waals surface area contributed by atoms with E-state index in [9.17, 15) is 18.0 Å². The van der Waals surface area contributed by atoms with E-state index in [0.29, 0.717) is 30.2 Å². The summed E-state index contributed by atoms with van der Waals surface area (Å²) in [6.07, 6.45) is -4.30. The SMILES string of the molecule is Cc1nc(CCNC(=O)NCc2ccc(OC(F)(F)F)cc2)no1. The molecule has 0 atom stereocenters. The molecule has 0 aliphatic heterocycles. The number of benzene rings is 1. The monoisotopic (exact) mass is 344 g/mol. The van der Waals surface area contributed by atoms with E-state index in [0.717, 1.165) is 0 Å². The maximum atomic E-state index is 12.0. The highest BCUT2D eigenvalue weighted by atomic mass is 19.4. The Labute approximate surface area is 135 Å². The van der Waals surface area contributed by atoms with E-state index in [1.165, 1.54) is 24.3 Å². The molecule has 1 heterocycles. The fourth-order valence-electron chi connectivity index (χ4n) is 1.78. The summed E-state index contributed by atoms with van der Waals surface area (Å²) >= 11 is 0. The quantitative estimate of drug-likeness (QED) is 0.839. The summed E-state index contributed by atoms with van der Waals surface area (Å²) in [4.78, 5) is 15.6. The number of alkyl halides is 3. The molecular weight excluding hydrogens is 329 g/mol. The van der Waals surface area contributed by atoms with Crippen molar-refractivity contribution in [2.75, 3.05) is 6.54 Å². The number of aromatic nitrogens is 2. The molecule has 130 valence electrons. The van der Waals surface area contributed by atoms with Crippen molar-refractivity contribution in [1.29, 1.82) is 0 Å². The molecule has 0 fully saturated rings. The van der Waals surface area contributed by atoms with Gasteiger partial charge in [-0.1, -0.05) is 17.3 Å². The van der Waals surface area contributed by atoms with Crippen LogP contribution in [0.25, 0.3) is 0 Å². The molecule has 0 bridgehead atoms. The number of hydrogen-bond acceptors (Lipinski definition) is 5. The summed E-state index contributed by atoms with van der Waals surface area (Å²) in [6, 6.07) is 4.82. The molecule has 2 rings (SSSR count). The van der Waals surface area contributed by atoms with E-state index in [2.05, 4.69) is 25.5 Å². The van der Waals surface area contributed by atoms with Crippen molar-refractivity contribution in [3.8, 4) is 5.75 Å². The number of nitrogens with zero attached hydrogens (tertiary/aromatic N) is 2. The minimum Gasteiger partial charge on any atom is -0.406 e. The average molecular weight is 344 g/mol. The lowest BCUT2D eigenvalue weighted by Crippen LogP contribution is -2.36. The van der Waals surface area contributed by atoms with Crippen molar-refractivity contribution in [3.63, 3.8) is 0 Å². The summed E-state index contributed by atoms with van der Waals surface area (Å²) in [7, 11) is 0. The maximum Gasteiger partial charge on any atom is 0.573 e. The first kappa shape index (κ1) is 17.6. The molecule has 24 heavy (non-hydrogen) atoms. The standard InChI is InChI=1S/C14H15F3N4O3/c1-9-20-12(21-24-9)6-7-18-13(22)19-8-10-2-4-11(5-3-10)23-14(15,16)17/h2-5H,6-8H2,1H3,(H2,18,19,22). The molecule has 0 aliphatic carbocycles.